The van der Waals surface area contributed by atoms with E-state index in [0.29, 0.717) is 11.5 Å². The van der Waals surface area contributed by atoms with Crippen LogP contribution in [0.1, 0.15) is 48.3 Å². The van der Waals surface area contributed by atoms with Crippen LogP contribution in [0.4, 0.5) is 0 Å². The number of amides is 1. The van der Waals surface area contributed by atoms with Crippen LogP contribution in [0.2, 0.25) is 0 Å². The Morgan fingerprint density at radius 3 is 2.75 bits per heavy atom. The number of ether oxygens (including phenoxy) is 1. The fourth-order valence-corrected chi connectivity index (χ4v) is 2.53. The lowest BCUT2D eigenvalue weighted by Crippen LogP contribution is -2.45. The van der Waals surface area contributed by atoms with E-state index in [0.717, 1.165) is 23.6 Å². The SMILES string of the molecule is Cc1cn(C(C)(C)NC(=O)c2ccc(C)c(OCC3CC3)c2)cn1. The molecule has 2 aromatic rings. The first-order chi connectivity index (χ1) is 11.3. The van der Waals surface area contributed by atoms with Gasteiger partial charge in [0.05, 0.1) is 18.6 Å². The van der Waals surface area contributed by atoms with E-state index in [9.17, 15) is 4.79 Å². The Kier molecular flexibility index (Phi) is 4.35. The summed E-state index contributed by atoms with van der Waals surface area (Å²) in [6.07, 6.45) is 6.14. The number of imidazole rings is 1. The fraction of sp³-hybridized carbons (Fsp3) is 0.474. The van der Waals surface area contributed by atoms with E-state index >= 15 is 0 Å². The zero-order valence-electron chi connectivity index (χ0n) is 14.8. The van der Waals surface area contributed by atoms with Gasteiger partial charge in [0.2, 0.25) is 0 Å². The maximum absolute atomic E-state index is 12.7. The smallest absolute Gasteiger partial charge is 0.253 e. The number of carbonyl (C=O) groups is 1. The average Bonchev–Trinajstić information content (AvgIpc) is 3.24. The molecule has 0 aliphatic heterocycles. The van der Waals surface area contributed by atoms with Crippen molar-refractivity contribution >= 4 is 5.91 Å². The lowest BCUT2D eigenvalue weighted by atomic mass is 10.1. The molecule has 5 heteroatoms. The number of aryl methyl sites for hydroxylation is 2. The Morgan fingerprint density at radius 2 is 2.12 bits per heavy atom. The highest BCUT2D eigenvalue weighted by molar-refractivity contribution is 5.95. The van der Waals surface area contributed by atoms with Gasteiger partial charge in [-0.25, -0.2) is 4.98 Å². The third-order valence-corrected chi connectivity index (χ3v) is 4.40. The Balaban J connectivity index is 1.72. The molecular weight excluding hydrogens is 302 g/mol. The van der Waals surface area contributed by atoms with Crippen LogP contribution in [0.25, 0.3) is 0 Å². The van der Waals surface area contributed by atoms with Crippen LogP contribution in [-0.2, 0) is 5.66 Å². The fourth-order valence-electron chi connectivity index (χ4n) is 2.53. The van der Waals surface area contributed by atoms with Gasteiger partial charge in [-0.2, -0.15) is 0 Å². The summed E-state index contributed by atoms with van der Waals surface area (Å²) in [6, 6.07) is 5.61. The molecule has 1 heterocycles. The van der Waals surface area contributed by atoms with Gasteiger partial charge in [-0.3, -0.25) is 4.79 Å². The van der Waals surface area contributed by atoms with Crippen LogP contribution in [0.15, 0.2) is 30.7 Å². The van der Waals surface area contributed by atoms with Crippen LogP contribution < -0.4 is 10.1 Å². The number of nitrogens with zero attached hydrogens (tertiary/aromatic N) is 2. The lowest BCUT2D eigenvalue weighted by Gasteiger charge is -2.28. The summed E-state index contributed by atoms with van der Waals surface area (Å²) in [5.41, 5.74) is 2.02. The van der Waals surface area contributed by atoms with Crippen molar-refractivity contribution in [1.82, 2.24) is 14.9 Å². The Labute approximate surface area is 143 Å². The van der Waals surface area contributed by atoms with Crippen molar-refractivity contribution in [2.45, 2.75) is 46.2 Å². The molecule has 0 bridgehead atoms. The Hall–Kier alpha value is -2.30. The number of nitrogens with one attached hydrogen (secondary N) is 1. The monoisotopic (exact) mass is 327 g/mol. The number of aromatic nitrogens is 2. The minimum Gasteiger partial charge on any atom is -0.493 e. The number of hydrogen-bond donors (Lipinski definition) is 1. The molecule has 5 nitrogen and oxygen atoms in total. The molecule has 24 heavy (non-hydrogen) atoms. The van der Waals surface area contributed by atoms with Gasteiger partial charge in [-0.05, 0) is 64.2 Å². The standard InChI is InChI=1S/C19H25N3O2/c1-13-5-8-16(9-17(13)24-11-15-6-7-15)18(23)21-19(3,4)22-10-14(2)20-12-22/h5,8-10,12,15H,6-7,11H2,1-4H3,(H,21,23). The average molecular weight is 327 g/mol. The molecular formula is C19H25N3O2. The predicted molar refractivity (Wildman–Crippen MR) is 93.2 cm³/mol. The van der Waals surface area contributed by atoms with Crippen LogP contribution in [0.3, 0.4) is 0 Å². The van der Waals surface area contributed by atoms with E-state index in [1.165, 1.54) is 12.8 Å². The van der Waals surface area contributed by atoms with Crippen molar-refractivity contribution in [1.29, 1.82) is 0 Å². The summed E-state index contributed by atoms with van der Waals surface area (Å²) in [7, 11) is 0. The van der Waals surface area contributed by atoms with Gasteiger partial charge in [0.15, 0.2) is 0 Å². The topological polar surface area (TPSA) is 56.2 Å². The summed E-state index contributed by atoms with van der Waals surface area (Å²) < 4.78 is 7.78. The normalized spacial score (nSPS) is 14.5. The van der Waals surface area contributed by atoms with Gasteiger partial charge < -0.3 is 14.6 Å². The summed E-state index contributed by atoms with van der Waals surface area (Å²) in [5.74, 6) is 1.36. The van der Waals surface area contributed by atoms with Crippen LogP contribution >= 0.6 is 0 Å². The van der Waals surface area contributed by atoms with Crippen molar-refractivity contribution in [3.05, 3.63) is 47.5 Å². The molecule has 1 aliphatic carbocycles. The highest BCUT2D eigenvalue weighted by Gasteiger charge is 2.24. The van der Waals surface area contributed by atoms with E-state index < -0.39 is 5.66 Å². The minimum atomic E-state index is -0.557. The lowest BCUT2D eigenvalue weighted by molar-refractivity contribution is 0.0873. The summed E-state index contributed by atoms with van der Waals surface area (Å²) >= 11 is 0. The van der Waals surface area contributed by atoms with Gasteiger partial charge in [-0.15, -0.1) is 0 Å². The van der Waals surface area contributed by atoms with Crippen LogP contribution in [0.5, 0.6) is 5.75 Å². The molecule has 1 aliphatic rings. The molecule has 0 spiro atoms. The van der Waals surface area contributed by atoms with Gasteiger partial charge in [0.1, 0.15) is 11.4 Å². The summed E-state index contributed by atoms with van der Waals surface area (Å²) in [4.78, 5) is 16.9. The van der Waals surface area contributed by atoms with Gasteiger partial charge >= 0.3 is 0 Å². The summed E-state index contributed by atoms with van der Waals surface area (Å²) in [6.45, 7) is 8.57. The molecule has 1 aromatic heterocycles. The Bertz CT molecular complexity index is 745. The molecule has 3 rings (SSSR count). The zero-order chi connectivity index (χ0) is 17.3. The first-order valence-electron chi connectivity index (χ1n) is 8.42. The number of carbonyl (C=O) groups excluding carboxylic acids is 1. The molecule has 128 valence electrons. The quantitative estimate of drug-likeness (QED) is 0.884. The molecule has 0 radical (unpaired) electrons. The van der Waals surface area contributed by atoms with Crippen LogP contribution in [-0.4, -0.2) is 22.1 Å². The van der Waals surface area contributed by atoms with Gasteiger partial charge in [-0.1, -0.05) is 6.07 Å². The molecule has 1 aromatic carbocycles. The largest absolute Gasteiger partial charge is 0.493 e. The van der Waals surface area contributed by atoms with Crippen molar-refractivity contribution in [2.24, 2.45) is 5.92 Å². The minimum absolute atomic E-state index is 0.123. The molecule has 1 N–H and O–H groups in total. The zero-order valence-corrected chi connectivity index (χ0v) is 14.8. The van der Waals surface area contributed by atoms with E-state index in [-0.39, 0.29) is 5.91 Å². The molecule has 1 amide bonds. The van der Waals surface area contributed by atoms with Crippen molar-refractivity contribution < 1.29 is 9.53 Å². The second-order valence-corrected chi connectivity index (χ2v) is 7.17. The number of benzene rings is 1. The molecule has 1 saturated carbocycles. The number of rotatable bonds is 6. The van der Waals surface area contributed by atoms with E-state index in [1.807, 2.05) is 56.7 Å². The van der Waals surface area contributed by atoms with Crippen molar-refractivity contribution in [3.63, 3.8) is 0 Å². The third-order valence-electron chi connectivity index (χ3n) is 4.40. The number of hydrogen-bond acceptors (Lipinski definition) is 3. The predicted octanol–water partition coefficient (Wildman–Crippen LogP) is 3.41. The van der Waals surface area contributed by atoms with E-state index in [1.54, 1.807) is 6.33 Å². The first kappa shape index (κ1) is 16.6. The van der Waals surface area contributed by atoms with E-state index in [4.69, 9.17) is 4.74 Å². The third kappa shape index (κ3) is 3.78. The summed E-state index contributed by atoms with van der Waals surface area (Å²) in [5, 5.41) is 3.05. The Morgan fingerprint density at radius 1 is 1.38 bits per heavy atom. The van der Waals surface area contributed by atoms with Crippen molar-refractivity contribution in [3.8, 4) is 5.75 Å². The second kappa shape index (κ2) is 6.30. The maximum atomic E-state index is 12.7. The van der Waals surface area contributed by atoms with Gasteiger partial charge in [0.25, 0.3) is 5.91 Å². The highest BCUT2D eigenvalue weighted by atomic mass is 16.5. The second-order valence-electron chi connectivity index (χ2n) is 7.17. The molecule has 0 saturated heterocycles. The molecule has 0 atom stereocenters. The van der Waals surface area contributed by atoms with Gasteiger partial charge in [0, 0.05) is 11.8 Å². The highest BCUT2D eigenvalue weighted by Crippen LogP contribution is 2.30. The maximum Gasteiger partial charge on any atom is 0.253 e. The van der Waals surface area contributed by atoms with Crippen molar-refractivity contribution in [2.75, 3.05) is 6.61 Å². The first-order valence-corrected chi connectivity index (χ1v) is 8.42. The van der Waals surface area contributed by atoms with E-state index in [2.05, 4.69) is 10.3 Å². The van der Waals surface area contributed by atoms with Crippen LogP contribution in [0, 0.1) is 19.8 Å². The molecule has 0 unspecified atom stereocenters. The molecule has 1 fully saturated rings.